The third-order valence-electron chi connectivity index (χ3n) is 12.3. The Morgan fingerprint density at radius 1 is 0.895 bits per heavy atom. The summed E-state index contributed by atoms with van der Waals surface area (Å²) in [4.78, 5) is 0. The van der Waals surface area contributed by atoms with E-state index in [0.29, 0.717) is 11.8 Å². The predicted molar refractivity (Wildman–Crippen MR) is 166 cm³/mol. The van der Waals surface area contributed by atoms with Gasteiger partial charge in [-0.05, 0) is 98.1 Å². The first-order chi connectivity index (χ1) is 17.2. The highest BCUT2D eigenvalue weighted by Crippen LogP contribution is 2.65. The minimum absolute atomic E-state index is 0.0160. The van der Waals surface area contributed by atoms with Gasteiger partial charge in [0, 0.05) is 5.41 Å². The largest absolute Gasteiger partial charge is 0.414 e. The third-order valence-corrected chi connectivity index (χ3v) is 21.3. The van der Waals surface area contributed by atoms with E-state index in [0.717, 1.165) is 25.7 Å². The lowest BCUT2D eigenvalue weighted by Crippen LogP contribution is -2.58. The van der Waals surface area contributed by atoms with Crippen molar-refractivity contribution in [2.75, 3.05) is 0 Å². The molecular weight excluding hydrogens is 501 g/mol. The van der Waals surface area contributed by atoms with Crippen molar-refractivity contribution in [3.05, 3.63) is 34.9 Å². The van der Waals surface area contributed by atoms with Gasteiger partial charge in [0.15, 0.2) is 16.6 Å². The SMILES string of the molecule is CC=C1C(O)CC2C3=CC=C4C[C@@H](O[Si](C)(C)C(C)(C)C)C[C@H](O[Si](C)(C)C(C)(C)C)[C@]4(C)C3CC[C@]12C. The van der Waals surface area contributed by atoms with Crippen molar-refractivity contribution in [1.29, 1.82) is 0 Å². The Morgan fingerprint density at radius 2 is 1.47 bits per heavy atom. The number of hydrogen-bond acceptors (Lipinski definition) is 3. The summed E-state index contributed by atoms with van der Waals surface area (Å²) in [5.41, 5.74) is 4.45. The van der Waals surface area contributed by atoms with E-state index in [1.54, 1.807) is 11.1 Å². The monoisotopic (exact) mass is 558 g/mol. The van der Waals surface area contributed by atoms with Crippen molar-refractivity contribution >= 4 is 16.6 Å². The van der Waals surface area contributed by atoms with Crippen LogP contribution in [-0.4, -0.2) is 40.1 Å². The molecule has 4 aliphatic carbocycles. The Morgan fingerprint density at radius 3 is 2.03 bits per heavy atom. The Balaban J connectivity index is 1.76. The standard InChI is InChI=1S/C33H58O3Si2/c1-14-25-28(34)21-27-24-16-15-22-19-23(35-37(10,11)30(2,3)4)20-29(36-38(12,13)31(5,6)7)33(22,9)26(24)17-18-32(25,27)8/h14-16,23,26-29,34H,17-21H2,1-13H3/t23-,26?,27?,28?,29+,32-,33+/m1/s1. The predicted octanol–water partition coefficient (Wildman–Crippen LogP) is 9.18. The van der Waals surface area contributed by atoms with Gasteiger partial charge >= 0.3 is 0 Å². The van der Waals surface area contributed by atoms with Crippen LogP contribution in [0, 0.1) is 22.7 Å². The summed E-state index contributed by atoms with van der Waals surface area (Å²) < 4.78 is 14.5. The maximum atomic E-state index is 11.0. The van der Waals surface area contributed by atoms with Gasteiger partial charge in [0.1, 0.15) is 0 Å². The summed E-state index contributed by atoms with van der Waals surface area (Å²) in [7, 11) is -3.91. The van der Waals surface area contributed by atoms with Gasteiger partial charge in [-0.3, -0.25) is 0 Å². The normalized spacial score (nSPS) is 39.3. The molecule has 3 unspecified atom stereocenters. The minimum atomic E-state index is -2.01. The number of rotatable bonds is 4. The summed E-state index contributed by atoms with van der Waals surface area (Å²) in [6, 6.07) is 0. The maximum absolute atomic E-state index is 11.0. The van der Waals surface area contributed by atoms with E-state index >= 15 is 0 Å². The molecular formula is C33H58O3Si2. The molecule has 3 fully saturated rings. The third kappa shape index (κ3) is 4.74. The van der Waals surface area contributed by atoms with Crippen LogP contribution in [0.25, 0.3) is 0 Å². The second kappa shape index (κ2) is 9.54. The molecule has 5 heteroatoms. The number of allylic oxidation sites excluding steroid dienone is 4. The Kier molecular flexibility index (Phi) is 7.66. The Hall–Kier alpha value is -0.466. The number of fused-ring (bicyclic) bond motifs is 5. The van der Waals surface area contributed by atoms with Crippen LogP contribution >= 0.6 is 0 Å². The summed E-state index contributed by atoms with van der Waals surface area (Å²) in [6.45, 7) is 30.8. The van der Waals surface area contributed by atoms with Crippen LogP contribution < -0.4 is 0 Å². The number of aliphatic hydroxyl groups is 1. The lowest BCUT2D eigenvalue weighted by Gasteiger charge is -2.59. The first kappa shape index (κ1) is 30.5. The van der Waals surface area contributed by atoms with Crippen molar-refractivity contribution in [3.63, 3.8) is 0 Å². The Bertz CT molecular complexity index is 1020. The lowest BCUT2D eigenvalue weighted by atomic mass is 9.50. The van der Waals surface area contributed by atoms with Gasteiger partial charge in [-0.15, -0.1) is 0 Å². The zero-order valence-electron chi connectivity index (χ0n) is 26.9. The van der Waals surface area contributed by atoms with Crippen LogP contribution in [0.5, 0.6) is 0 Å². The molecule has 0 radical (unpaired) electrons. The first-order valence-corrected chi connectivity index (χ1v) is 21.1. The van der Waals surface area contributed by atoms with E-state index in [4.69, 9.17) is 8.85 Å². The zero-order valence-corrected chi connectivity index (χ0v) is 28.9. The molecule has 1 N–H and O–H groups in total. The second-order valence-corrected chi connectivity index (χ2v) is 26.0. The molecule has 0 spiro atoms. The molecule has 0 saturated heterocycles. The van der Waals surface area contributed by atoms with Crippen molar-refractivity contribution in [1.82, 2.24) is 0 Å². The van der Waals surface area contributed by atoms with Crippen molar-refractivity contribution < 1.29 is 14.0 Å². The zero-order chi connectivity index (χ0) is 28.7. The van der Waals surface area contributed by atoms with Gasteiger partial charge in [0.25, 0.3) is 0 Å². The molecule has 0 bridgehead atoms. The van der Waals surface area contributed by atoms with E-state index < -0.39 is 16.6 Å². The smallest absolute Gasteiger partial charge is 0.192 e. The average molecular weight is 559 g/mol. The van der Waals surface area contributed by atoms with E-state index in [-0.39, 0.29) is 39.2 Å². The fourth-order valence-corrected chi connectivity index (χ4v) is 10.6. The molecule has 3 saturated carbocycles. The molecule has 0 aromatic heterocycles. The van der Waals surface area contributed by atoms with Crippen molar-refractivity contribution in [2.45, 2.75) is 149 Å². The van der Waals surface area contributed by atoms with Gasteiger partial charge in [-0.25, -0.2) is 0 Å². The summed E-state index contributed by atoms with van der Waals surface area (Å²) in [5, 5.41) is 11.4. The molecule has 7 atom stereocenters. The summed E-state index contributed by atoms with van der Waals surface area (Å²) in [5.74, 6) is 0.902. The molecule has 0 aromatic carbocycles. The average Bonchev–Trinajstić information content (AvgIpc) is 3.02. The van der Waals surface area contributed by atoms with Crippen LogP contribution in [0.4, 0.5) is 0 Å². The van der Waals surface area contributed by atoms with Gasteiger partial charge < -0.3 is 14.0 Å². The van der Waals surface area contributed by atoms with Crippen LogP contribution in [0.1, 0.15) is 94.4 Å². The highest BCUT2D eigenvalue weighted by Gasteiger charge is 2.60. The van der Waals surface area contributed by atoms with Gasteiger partial charge in [0.2, 0.25) is 0 Å². The van der Waals surface area contributed by atoms with E-state index in [9.17, 15) is 5.11 Å². The highest BCUT2D eigenvalue weighted by atomic mass is 28.4. The van der Waals surface area contributed by atoms with Crippen LogP contribution in [-0.2, 0) is 8.85 Å². The van der Waals surface area contributed by atoms with Crippen LogP contribution in [0.2, 0.25) is 36.3 Å². The molecule has 0 aromatic rings. The molecule has 0 heterocycles. The molecule has 4 aliphatic rings. The van der Waals surface area contributed by atoms with Gasteiger partial charge in [0.05, 0.1) is 18.3 Å². The summed E-state index contributed by atoms with van der Waals surface area (Å²) in [6.07, 6.45) is 12.4. The molecule has 38 heavy (non-hydrogen) atoms. The van der Waals surface area contributed by atoms with E-state index in [2.05, 4.69) is 107 Å². The van der Waals surface area contributed by atoms with Gasteiger partial charge in [-0.2, -0.15) is 0 Å². The molecule has 3 nitrogen and oxygen atoms in total. The molecule has 216 valence electrons. The van der Waals surface area contributed by atoms with E-state index in [1.807, 2.05) is 0 Å². The summed E-state index contributed by atoms with van der Waals surface area (Å²) >= 11 is 0. The van der Waals surface area contributed by atoms with Crippen molar-refractivity contribution in [3.8, 4) is 0 Å². The fourth-order valence-electron chi connectivity index (χ4n) is 7.79. The van der Waals surface area contributed by atoms with Crippen LogP contribution in [0.15, 0.2) is 34.9 Å². The maximum Gasteiger partial charge on any atom is 0.192 e. The first-order valence-electron chi connectivity index (χ1n) is 15.3. The van der Waals surface area contributed by atoms with E-state index in [1.165, 1.54) is 12.0 Å². The van der Waals surface area contributed by atoms with Crippen molar-refractivity contribution in [2.24, 2.45) is 22.7 Å². The second-order valence-electron chi connectivity index (χ2n) is 16.5. The number of aliphatic hydroxyl groups excluding tert-OH is 1. The molecule has 0 aliphatic heterocycles. The van der Waals surface area contributed by atoms with Gasteiger partial charge in [-0.1, -0.05) is 84.8 Å². The van der Waals surface area contributed by atoms with Crippen LogP contribution in [0.3, 0.4) is 0 Å². The fraction of sp³-hybridized carbons (Fsp3) is 0.818. The lowest BCUT2D eigenvalue weighted by molar-refractivity contribution is -0.0381. The topological polar surface area (TPSA) is 38.7 Å². The molecule has 4 rings (SSSR count). The minimum Gasteiger partial charge on any atom is -0.414 e. The molecule has 0 amide bonds. The number of hydrogen-bond donors (Lipinski definition) is 1. The Labute approximate surface area is 236 Å². The quantitative estimate of drug-likeness (QED) is 0.276. The highest BCUT2D eigenvalue weighted by molar-refractivity contribution is 6.74.